The number of hydrazone groups is 1. The van der Waals surface area contributed by atoms with E-state index in [2.05, 4.69) is 10.5 Å². The number of primary amides is 1. The molecule has 138 valence electrons. The number of nitrogens with zero attached hydrogens (tertiary/aromatic N) is 1. The minimum Gasteiger partial charge on any atom is -0.490 e. The van der Waals surface area contributed by atoms with Gasteiger partial charge < -0.3 is 15.2 Å². The summed E-state index contributed by atoms with van der Waals surface area (Å²) in [4.78, 5) is 10.9. The van der Waals surface area contributed by atoms with Crippen molar-refractivity contribution in [1.29, 1.82) is 0 Å². The van der Waals surface area contributed by atoms with E-state index in [1.54, 1.807) is 36.5 Å². The third-order valence-electron chi connectivity index (χ3n) is 3.03. The molecular formula is C17H16Cl3N3O3. The monoisotopic (exact) mass is 415 g/mol. The minimum atomic E-state index is -0.570. The van der Waals surface area contributed by atoms with E-state index in [0.717, 1.165) is 5.56 Å². The molecule has 0 aliphatic carbocycles. The number of benzene rings is 2. The van der Waals surface area contributed by atoms with Crippen LogP contribution in [0, 0.1) is 0 Å². The van der Waals surface area contributed by atoms with Crippen LogP contribution in [0.25, 0.3) is 0 Å². The van der Waals surface area contributed by atoms with Gasteiger partial charge in [0.2, 0.25) is 0 Å². The summed E-state index contributed by atoms with van der Waals surface area (Å²) >= 11 is 18.0. The van der Waals surface area contributed by atoms with Crippen molar-refractivity contribution in [3.8, 4) is 11.5 Å². The molecule has 0 heterocycles. The van der Waals surface area contributed by atoms with E-state index in [-0.39, 0.29) is 6.61 Å². The standard InChI is InChI=1S/C17H16Cl3N3O3/c1-2-25-15-5-10(3-4-14(15)26-9-16(21)24)8-22-23-17-12(19)6-11(18)7-13(17)20/h3-8,23H,2,9H2,1H3,(H2,21,24)/b22-8+. The number of ether oxygens (including phenoxy) is 2. The van der Waals surface area contributed by atoms with Gasteiger partial charge in [-0.1, -0.05) is 34.8 Å². The predicted octanol–water partition coefficient (Wildman–Crippen LogP) is 4.36. The second-order valence-corrected chi connectivity index (χ2v) is 6.26. The molecule has 0 radical (unpaired) electrons. The lowest BCUT2D eigenvalue weighted by molar-refractivity contribution is -0.119. The molecule has 0 saturated carbocycles. The van der Waals surface area contributed by atoms with Crippen molar-refractivity contribution in [3.05, 3.63) is 51.0 Å². The van der Waals surface area contributed by atoms with Crippen molar-refractivity contribution in [2.75, 3.05) is 18.6 Å². The number of nitrogens with one attached hydrogen (secondary N) is 1. The normalized spacial score (nSPS) is 10.8. The Morgan fingerprint density at radius 3 is 2.46 bits per heavy atom. The van der Waals surface area contributed by atoms with Crippen LogP contribution in [-0.2, 0) is 4.79 Å². The van der Waals surface area contributed by atoms with Crippen LogP contribution in [0.3, 0.4) is 0 Å². The third kappa shape index (κ3) is 5.69. The second kappa shape index (κ2) is 9.52. The van der Waals surface area contributed by atoms with Gasteiger partial charge in [0.1, 0.15) is 0 Å². The first-order valence-electron chi connectivity index (χ1n) is 7.52. The van der Waals surface area contributed by atoms with Crippen LogP contribution < -0.4 is 20.6 Å². The van der Waals surface area contributed by atoms with E-state index in [1.807, 2.05) is 6.92 Å². The molecule has 2 rings (SSSR count). The Hall–Kier alpha value is -2.15. The van der Waals surface area contributed by atoms with Gasteiger partial charge in [0.25, 0.3) is 5.91 Å². The Morgan fingerprint density at radius 1 is 1.15 bits per heavy atom. The van der Waals surface area contributed by atoms with Gasteiger partial charge in [-0.25, -0.2) is 0 Å². The summed E-state index contributed by atoms with van der Waals surface area (Å²) in [6, 6.07) is 8.25. The predicted molar refractivity (Wildman–Crippen MR) is 105 cm³/mol. The van der Waals surface area contributed by atoms with E-state index >= 15 is 0 Å². The Kier molecular flexibility index (Phi) is 7.38. The summed E-state index contributed by atoms with van der Waals surface area (Å²) in [6.07, 6.45) is 1.56. The maximum atomic E-state index is 10.9. The van der Waals surface area contributed by atoms with Crippen molar-refractivity contribution >= 4 is 52.6 Å². The quantitative estimate of drug-likeness (QED) is 0.494. The number of nitrogens with two attached hydrogens (primary N) is 1. The molecular weight excluding hydrogens is 401 g/mol. The SMILES string of the molecule is CCOc1cc(/C=N/Nc2c(Cl)cc(Cl)cc2Cl)ccc1OCC(N)=O. The van der Waals surface area contributed by atoms with Gasteiger partial charge >= 0.3 is 0 Å². The largest absolute Gasteiger partial charge is 0.490 e. The fourth-order valence-electron chi connectivity index (χ4n) is 1.96. The summed E-state index contributed by atoms with van der Waals surface area (Å²) in [7, 11) is 0. The van der Waals surface area contributed by atoms with Gasteiger partial charge in [-0.15, -0.1) is 0 Å². The molecule has 0 atom stereocenters. The fraction of sp³-hybridized carbons (Fsp3) is 0.176. The lowest BCUT2D eigenvalue weighted by atomic mass is 10.2. The summed E-state index contributed by atoms with van der Waals surface area (Å²) in [5, 5.41) is 5.25. The molecule has 2 aromatic rings. The van der Waals surface area contributed by atoms with Gasteiger partial charge in [-0.05, 0) is 42.8 Å². The molecule has 9 heteroatoms. The number of carbonyl (C=O) groups excluding carboxylic acids is 1. The lowest BCUT2D eigenvalue weighted by Crippen LogP contribution is -2.20. The number of carbonyl (C=O) groups is 1. The molecule has 0 aliphatic rings. The fourth-order valence-corrected chi connectivity index (χ4v) is 2.86. The zero-order valence-corrected chi connectivity index (χ0v) is 16.0. The highest BCUT2D eigenvalue weighted by atomic mass is 35.5. The van der Waals surface area contributed by atoms with Crippen molar-refractivity contribution < 1.29 is 14.3 Å². The molecule has 2 aromatic carbocycles. The molecule has 0 spiro atoms. The van der Waals surface area contributed by atoms with Crippen LogP contribution in [0.4, 0.5) is 5.69 Å². The first-order valence-corrected chi connectivity index (χ1v) is 8.65. The number of anilines is 1. The number of hydrogen-bond acceptors (Lipinski definition) is 5. The summed E-state index contributed by atoms with van der Waals surface area (Å²) in [5.41, 5.74) is 9.04. The molecule has 0 unspecified atom stereocenters. The maximum absolute atomic E-state index is 10.9. The van der Waals surface area contributed by atoms with Crippen molar-refractivity contribution in [3.63, 3.8) is 0 Å². The van der Waals surface area contributed by atoms with Gasteiger partial charge in [-0.2, -0.15) is 5.10 Å². The molecule has 0 aromatic heterocycles. The highest BCUT2D eigenvalue weighted by molar-refractivity contribution is 6.41. The average molecular weight is 417 g/mol. The zero-order chi connectivity index (χ0) is 19.1. The molecule has 1 amide bonds. The molecule has 6 nitrogen and oxygen atoms in total. The van der Waals surface area contributed by atoms with Crippen LogP contribution in [-0.4, -0.2) is 25.3 Å². The number of rotatable bonds is 8. The summed E-state index contributed by atoms with van der Waals surface area (Å²) in [6.45, 7) is 2.04. The van der Waals surface area contributed by atoms with Crippen molar-refractivity contribution in [1.82, 2.24) is 0 Å². The van der Waals surface area contributed by atoms with Gasteiger partial charge in [0, 0.05) is 5.02 Å². The molecule has 0 bridgehead atoms. The smallest absolute Gasteiger partial charge is 0.255 e. The number of amides is 1. The number of hydrogen-bond donors (Lipinski definition) is 2. The Bertz CT molecular complexity index is 805. The Balaban J connectivity index is 2.15. The van der Waals surface area contributed by atoms with Gasteiger partial charge in [0.05, 0.1) is 28.6 Å². The average Bonchev–Trinajstić information content (AvgIpc) is 2.56. The lowest BCUT2D eigenvalue weighted by Gasteiger charge is -2.11. The third-order valence-corrected chi connectivity index (χ3v) is 3.85. The van der Waals surface area contributed by atoms with Gasteiger partial charge in [0.15, 0.2) is 18.1 Å². The van der Waals surface area contributed by atoms with E-state index < -0.39 is 5.91 Å². The number of halogens is 3. The Labute approximate surface area is 165 Å². The zero-order valence-electron chi connectivity index (χ0n) is 13.8. The molecule has 26 heavy (non-hydrogen) atoms. The van der Waals surface area contributed by atoms with Gasteiger partial charge in [-0.3, -0.25) is 10.2 Å². The van der Waals surface area contributed by atoms with Crippen molar-refractivity contribution in [2.24, 2.45) is 10.8 Å². The van der Waals surface area contributed by atoms with Crippen molar-refractivity contribution in [2.45, 2.75) is 6.92 Å². The minimum absolute atomic E-state index is 0.234. The maximum Gasteiger partial charge on any atom is 0.255 e. The van der Waals surface area contributed by atoms with Crippen LogP contribution in [0.2, 0.25) is 15.1 Å². The van der Waals surface area contributed by atoms with E-state index in [1.165, 1.54) is 0 Å². The highest BCUT2D eigenvalue weighted by Gasteiger charge is 2.08. The van der Waals surface area contributed by atoms with Crippen LogP contribution >= 0.6 is 34.8 Å². The molecule has 0 saturated heterocycles. The highest BCUT2D eigenvalue weighted by Crippen LogP contribution is 2.33. The summed E-state index contributed by atoms with van der Waals surface area (Å²) in [5.74, 6) is 0.318. The van der Waals surface area contributed by atoms with E-state index in [0.29, 0.717) is 38.9 Å². The second-order valence-electron chi connectivity index (χ2n) is 5.01. The molecule has 3 N–H and O–H groups in total. The molecule has 0 aliphatic heterocycles. The van der Waals surface area contributed by atoms with E-state index in [4.69, 9.17) is 50.0 Å². The van der Waals surface area contributed by atoms with Crippen LogP contribution in [0.15, 0.2) is 35.4 Å². The molecule has 0 fully saturated rings. The topological polar surface area (TPSA) is 85.9 Å². The van der Waals surface area contributed by atoms with Crippen LogP contribution in [0.5, 0.6) is 11.5 Å². The summed E-state index contributed by atoms with van der Waals surface area (Å²) < 4.78 is 10.8. The first kappa shape index (κ1) is 20.2. The van der Waals surface area contributed by atoms with E-state index in [9.17, 15) is 4.79 Å². The first-order chi connectivity index (χ1) is 12.4. The Morgan fingerprint density at radius 2 is 1.85 bits per heavy atom. The van der Waals surface area contributed by atoms with Crippen LogP contribution in [0.1, 0.15) is 12.5 Å².